The zero-order valence-electron chi connectivity index (χ0n) is 11.6. The lowest BCUT2D eigenvalue weighted by molar-refractivity contribution is -0.0975. The Kier molecular flexibility index (Phi) is 3.80. The van der Waals surface area contributed by atoms with Gasteiger partial charge in [0.25, 0.3) is 0 Å². The third-order valence-electron chi connectivity index (χ3n) is 4.02. The normalized spacial score (nSPS) is 24.6. The van der Waals surface area contributed by atoms with Gasteiger partial charge in [-0.3, -0.25) is 0 Å². The fourth-order valence-electron chi connectivity index (χ4n) is 2.52. The predicted octanol–water partition coefficient (Wildman–Crippen LogP) is 3.00. The van der Waals surface area contributed by atoms with E-state index in [4.69, 9.17) is 9.84 Å². The van der Waals surface area contributed by atoms with Crippen LogP contribution in [0.2, 0.25) is 0 Å². The minimum absolute atomic E-state index is 0.0987. The number of aromatic carboxylic acids is 1. The van der Waals surface area contributed by atoms with E-state index in [-0.39, 0.29) is 5.41 Å². The quantitative estimate of drug-likeness (QED) is 0.857. The molecule has 1 aliphatic rings. The van der Waals surface area contributed by atoms with Gasteiger partial charge in [-0.1, -0.05) is 13.8 Å². The summed E-state index contributed by atoms with van der Waals surface area (Å²) in [5, 5.41) is 12.3. The van der Waals surface area contributed by atoms with Crippen molar-refractivity contribution in [2.45, 2.75) is 39.3 Å². The van der Waals surface area contributed by atoms with E-state index in [1.54, 1.807) is 12.1 Å². The van der Waals surface area contributed by atoms with E-state index in [0.29, 0.717) is 17.7 Å². The number of nitrogens with one attached hydrogen (secondary N) is 1. The lowest BCUT2D eigenvalue weighted by atomic mass is 9.64. The SMILES string of the molecule is CCOC1CC(Nc2ccc(C(=O)O)cc2)C1(C)C. The van der Waals surface area contributed by atoms with Crippen LogP contribution in [0.3, 0.4) is 0 Å². The average molecular weight is 263 g/mol. The molecule has 1 saturated carbocycles. The second-order valence-electron chi connectivity index (χ2n) is 5.58. The van der Waals surface area contributed by atoms with Crippen molar-refractivity contribution in [3.63, 3.8) is 0 Å². The number of carbonyl (C=O) groups is 1. The van der Waals surface area contributed by atoms with Crippen LogP contribution >= 0.6 is 0 Å². The maximum absolute atomic E-state index is 10.8. The summed E-state index contributed by atoms with van der Waals surface area (Å²) in [6, 6.07) is 7.23. The average Bonchev–Trinajstić information content (AvgIpc) is 2.38. The number of rotatable bonds is 5. The summed E-state index contributed by atoms with van der Waals surface area (Å²) in [5.41, 5.74) is 1.37. The largest absolute Gasteiger partial charge is 0.478 e. The molecule has 104 valence electrons. The molecular weight excluding hydrogens is 242 g/mol. The van der Waals surface area contributed by atoms with Crippen molar-refractivity contribution in [3.8, 4) is 0 Å². The summed E-state index contributed by atoms with van der Waals surface area (Å²) < 4.78 is 5.69. The van der Waals surface area contributed by atoms with Gasteiger partial charge in [0.15, 0.2) is 0 Å². The maximum atomic E-state index is 10.8. The van der Waals surface area contributed by atoms with E-state index >= 15 is 0 Å². The highest BCUT2D eigenvalue weighted by atomic mass is 16.5. The summed E-state index contributed by atoms with van der Waals surface area (Å²) in [6.07, 6.45) is 1.29. The second-order valence-corrected chi connectivity index (χ2v) is 5.58. The second kappa shape index (κ2) is 5.21. The topological polar surface area (TPSA) is 58.6 Å². The first-order valence-electron chi connectivity index (χ1n) is 6.66. The molecule has 2 rings (SSSR count). The molecule has 0 saturated heterocycles. The van der Waals surface area contributed by atoms with E-state index in [1.165, 1.54) is 0 Å². The molecule has 2 atom stereocenters. The van der Waals surface area contributed by atoms with Crippen LogP contribution in [0.25, 0.3) is 0 Å². The van der Waals surface area contributed by atoms with Gasteiger partial charge in [-0.25, -0.2) is 4.79 Å². The molecule has 2 N–H and O–H groups in total. The van der Waals surface area contributed by atoms with Gasteiger partial charge in [0.1, 0.15) is 0 Å². The van der Waals surface area contributed by atoms with Crippen LogP contribution in [0.15, 0.2) is 24.3 Å². The molecular formula is C15H21NO3. The van der Waals surface area contributed by atoms with E-state index in [2.05, 4.69) is 19.2 Å². The molecule has 0 radical (unpaired) electrons. The molecule has 4 nitrogen and oxygen atoms in total. The Bertz CT molecular complexity index is 453. The van der Waals surface area contributed by atoms with Crippen molar-refractivity contribution in [1.82, 2.24) is 0 Å². The number of carboxylic acids is 1. The summed E-state index contributed by atoms with van der Waals surface area (Å²) in [7, 11) is 0. The molecule has 4 heteroatoms. The van der Waals surface area contributed by atoms with Crippen LogP contribution in [0.1, 0.15) is 37.6 Å². The van der Waals surface area contributed by atoms with Crippen molar-refractivity contribution in [2.75, 3.05) is 11.9 Å². The molecule has 0 spiro atoms. The first-order valence-corrected chi connectivity index (χ1v) is 6.66. The fraction of sp³-hybridized carbons (Fsp3) is 0.533. The van der Waals surface area contributed by atoms with Crippen molar-refractivity contribution >= 4 is 11.7 Å². The monoisotopic (exact) mass is 263 g/mol. The standard InChI is InChI=1S/C15H21NO3/c1-4-19-13-9-12(15(13,2)3)16-11-7-5-10(6-8-11)14(17)18/h5-8,12-13,16H,4,9H2,1-3H3,(H,17,18). The van der Waals surface area contributed by atoms with Crippen LogP contribution in [0.5, 0.6) is 0 Å². The van der Waals surface area contributed by atoms with Crippen molar-refractivity contribution in [3.05, 3.63) is 29.8 Å². The van der Waals surface area contributed by atoms with Crippen LogP contribution in [-0.4, -0.2) is 29.8 Å². The van der Waals surface area contributed by atoms with Gasteiger partial charge >= 0.3 is 5.97 Å². The highest BCUT2D eigenvalue weighted by Crippen LogP contribution is 2.44. The minimum Gasteiger partial charge on any atom is -0.478 e. The molecule has 0 bridgehead atoms. The third-order valence-corrected chi connectivity index (χ3v) is 4.02. The summed E-state index contributed by atoms with van der Waals surface area (Å²) in [5.74, 6) is -0.896. The smallest absolute Gasteiger partial charge is 0.335 e. The first-order chi connectivity index (χ1) is 8.95. The van der Waals surface area contributed by atoms with E-state index in [0.717, 1.165) is 18.7 Å². The molecule has 1 fully saturated rings. The number of hydrogen-bond donors (Lipinski definition) is 2. The van der Waals surface area contributed by atoms with E-state index in [9.17, 15) is 4.79 Å². The minimum atomic E-state index is -0.896. The van der Waals surface area contributed by atoms with Gasteiger partial charge in [-0.05, 0) is 37.6 Å². The Balaban J connectivity index is 1.97. The lowest BCUT2D eigenvalue weighted by Crippen LogP contribution is -2.58. The Morgan fingerprint density at radius 3 is 2.53 bits per heavy atom. The summed E-state index contributed by atoms with van der Waals surface area (Å²) >= 11 is 0. The number of hydrogen-bond acceptors (Lipinski definition) is 3. The van der Waals surface area contributed by atoms with Crippen LogP contribution in [0, 0.1) is 5.41 Å². The maximum Gasteiger partial charge on any atom is 0.335 e. The highest BCUT2D eigenvalue weighted by Gasteiger charge is 2.48. The molecule has 1 aliphatic carbocycles. The van der Waals surface area contributed by atoms with Gasteiger partial charge in [0.05, 0.1) is 11.7 Å². The lowest BCUT2D eigenvalue weighted by Gasteiger charge is -2.52. The van der Waals surface area contributed by atoms with Crippen LogP contribution < -0.4 is 5.32 Å². The summed E-state index contributed by atoms with van der Waals surface area (Å²) in [6.45, 7) is 7.15. The zero-order chi connectivity index (χ0) is 14.0. The van der Waals surface area contributed by atoms with Crippen molar-refractivity contribution in [1.29, 1.82) is 0 Å². The van der Waals surface area contributed by atoms with Crippen LogP contribution in [-0.2, 0) is 4.74 Å². The summed E-state index contributed by atoms with van der Waals surface area (Å²) in [4.78, 5) is 10.8. The molecule has 0 aromatic heterocycles. The van der Waals surface area contributed by atoms with Gasteiger partial charge in [0, 0.05) is 23.8 Å². The van der Waals surface area contributed by atoms with E-state index < -0.39 is 5.97 Å². The number of benzene rings is 1. The highest BCUT2D eigenvalue weighted by molar-refractivity contribution is 5.88. The molecule has 19 heavy (non-hydrogen) atoms. The van der Waals surface area contributed by atoms with Gasteiger partial charge in [0.2, 0.25) is 0 Å². The zero-order valence-corrected chi connectivity index (χ0v) is 11.6. The fourth-order valence-corrected chi connectivity index (χ4v) is 2.52. The van der Waals surface area contributed by atoms with E-state index in [1.807, 2.05) is 19.1 Å². The molecule has 2 unspecified atom stereocenters. The Hall–Kier alpha value is -1.55. The van der Waals surface area contributed by atoms with Gasteiger partial charge in [-0.15, -0.1) is 0 Å². The molecule has 0 amide bonds. The first kappa shape index (κ1) is 13.9. The number of carboxylic acid groups (broad SMARTS) is 1. The van der Waals surface area contributed by atoms with Gasteiger partial charge < -0.3 is 15.2 Å². The molecule has 1 aromatic rings. The van der Waals surface area contributed by atoms with Crippen molar-refractivity contribution in [2.24, 2.45) is 5.41 Å². The molecule has 0 heterocycles. The number of anilines is 1. The number of ether oxygens (including phenoxy) is 1. The Labute approximate surface area is 113 Å². The predicted molar refractivity (Wildman–Crippen MR) is 74.6 cm³/mol. The van der Waals surface area contributed by atoms with Gasteiger partial charge in [-0.2, -0.15) is 0 Å². The Morgan fingerprint density at radius 1 is 1.42 bits per heavy atom. The third kappa shape index (κ3) is 2.73. The molecule has 1 aromatic carbocycles. The Morgan fingerprint density at radius 2 is 2.05 bits per heavy atom. The molecule has 0 aliphatic heterocycles. The van der Waals surface area contributed by atoms with Crippen molar-refractivity contribution < 1.29 is 14.6 Å². The van der Waals surface area contributed by atoms with Crippen LogP contribution in [0.4, 0.5) is 5.69 Å².